The van der Waals surface area contributed by atoms with Crippen LogP contribution in [0.2, 0.25) is 5.02 Å². The van der Waals surface area contributed by atoms with E-state index in [0.717, 1.165) is 44.8 Å². The number of carbonyl (C=O) groups excluding carboxylic acids is 1. The van der Waals surface area contributed by atoms with Crippen LogP contribution in [0.15, 0.2) is 24.3 Å². The van der Waals surface area contributed by atoms with Crippen molar-refractivity contribution in [1.82, 2.24) is 10.2 Å². The molecule has 2 fully saturated rings. The largest absolute Gasteiger partial charge is 0.417 e. The molecule has 2 heterocycles. The van der Waals surface area contributed by atoms with Gasteiger partial charge in [0.1, 0.15) is 0 Å². The van der Waals surface area contributed by atoms with Crippen LogP contribution in [0.1, 0.15) is 43.2 Å². The van der Waals surface area contributed by atoms with E-state index in [1.807, 2.05) is 0 Å². The van der Waals surface area contributed by atoms with Crippen molar-refractivity contribution in [1.29, 1.82) is 0 Å². The van der Waals surface area contributed by atoms with E-state index in [4.69, 9.17) is 16.3 Å². The standard InChI is InChI=1S/C21H26ClF3N2O2/c22-18-6-4-16(14-17(18)21(23,24)25)5-7-19(28)26-15-20(8-12-29-13-9-20)27-10-2-1-3-11-27/h4-7,14H,1-3,8-13,15H2,(H,26,28)/b7-5+. The summed E-state index contributed by atoms with van der Waals surface area (Å²) >= 11 is 5.63. The van der Waals surface area contributed by atoms with Crippen molar-refractivity contribution < 1.29 is 22.7 Å². The predicted octanol–water partition coefficient (Wildman–Crippen LogP) is 4.52. The third-order valence-electron chi connectivity index (χ3n) is 5.77. The van der Waals surface area contributed by atoms with Gasteiger partial charge in [-0.05, 0) is 62.5 Å². The molecule has 1 amide bonds. The van der Waals surface area contributed by atoms with Gasteiger partial charge >= 0.3 is 6.18 Å². The molecule has 1 aromatic rings. The Kier molecular flexibility index (Phi) is 7.24. The van der Waals surface area contributed by atoms with Gasteiger partial charge in [0.25, 0.3) is 0 Å². The van der Waals surface area contributed by atoms with E-state index in [9.17, 15) is 18.0 Å². The maximum Gasteiger partial charge on any atom is 0.417 e. The van der Waals surface area contributed by atoms with Crippen molar-refractivity contribution >= 4 is 23.6 Å². The van der Waals surface area contributed by atoms with Gasteiger partial charge in [-0.15, -0.1) is 0 Å². The average molecular weight is 431 g/mol. The molecule has 0 bridgehead atoms. The first-order valence-electron chi connectivity index (χ1n) is 9.96. The lowest BCUT2D eigenvalue weighted by Crippen LogP contribution is -2.59. The zero-order valence-corrected chi connectivity index (χ0v) is 17.0. The molecule has 0 unspecified atom stereocenters. The van der Waals surface area contributed by atoms with Crippen LogP contribution in [-0.4, -0.2) is 49.2 Å². The normalized spacial score (nSPS) is 20.7. The smallest absolute Gasteiger partial charge is 0.381 e. The second-order valence-electron chi connectivity index (χ2n) is 7.67. The van der Waals surface area contributed by atoms with Gasteiger partial charge in [-0.1, -0.05) is 24.1 Å². The number of hydrogen-bond acceptors (Lipinski definition) is 3. The van der Waals surface area contributed by atoms with Crippen molar-refractivity contribution in [2.45, 2.75) is 43.8 Å². The molecule has 2 aliphatic rings. The SMILES string of the molecule is O=C(/C=C/c1ccc(Cl)c(C(F)(F)F)c1)NCC1(N2CCCCC2)CCOCC1. The molecule has 3 rings (SSSR count). The second kappa shape index (κ2) is 9.49. The van der Waals surface area contributed by atoms with E-state index in [2.05, 4.69) is 10.2 Å². The van der Waals surface area contributed by atoms with Gasteiger partial charge in [-0.3, -0.25) is 9.69 Å². The lowest BCUT2D eigenvalue weighted by atomic mass is 9.86. The van der Waals surface area contributed by atoms with Crippen LogP contribution >= 0.6 is 11.6 Å². The first-order chi connectivity index (χ1) is 13.8. The third kappa shape index (κ3) is 5.74. The van der Waals surface area contributed by atoms with E-state index in [1.54, 1.807) is 0 Å². The van der Waals surface area contributed by atoms with Crippen LogP contribution in [0.4, 0.5) is 13.2 Å². The third-order valence-corrected chi connectivity index (χ3v) is 6.09. The molecule has 1 N–H and O–H groups in total. The number of nitrogens with zero attached hydrogens (tertiary/aromatic N) is 1. The molecule has 4 nitrogen and oxygen atoms in total. The van der Waals surface area contributed by atoms with Crippen LogP contribution < -0.4 is 5.32 Å². The molecular formula is C21H26ClF3N2O2. The number of likely N-dealkylation sites (tertiary alicyclic amines) is 1. The molecule has 0 radical (unpaired) electrons. The Labute approximate surface area is 174 Å². The minimum Gasteiger partial charge on any atom is -0.381 e. The number of ether oxygens (including phenoxy) is 1. The highest BCUT2D eigenvalue weighted by atomic mass is 35.5. The molecule has 160 valence electrons. The summed E-state index contributed by atoms with van der Waals surface area (Å²) in [6.45, 7) is 3.90. The van der Waals surface area contributed by atoms with Crippen molar-refractivity contribution in [3.63, 3.8) is 0 Å². The van der Waals surface area contributed by atoms with Gasteiger partial charge < -0.3 is 10.1 Å². The average Bonchev–Trinajstić information content (AvgIpc) is 2.72. The zero-order valence-electron chi connectivity index (χ0n) is 16.2. The number of carbonyl (C=O) groups is 1. The summed E-state index contributed by atoms with van der Waals surface area (Å²) in [5.74, 6) is -0.323. The highest BCUT2D eigenvalue weighted by Gasteiger charge is 2.39. The van der Waals surface area contributed by atoms with E-state index in [1.165, 1.54) is 30.7 Å². The fraction of sp³-hybridized carbons (Fsp3) is 0.571. The molecule has 0 atom stereocenters. The molecule has 0 spiro atoms. The number of amides is 1. The minimum atomic E-state index is -4.53. The molecule has 0 saturated carbocycles. The van der Waals surface area contributed by atoms with Gasteiger partial charge in [0.2, 0.25) is 5.91 Å². The quantitative estimate of drug-likeness (QED) is 0.698. The maximum atomic E-state index is 13.0. The minimum absolute atomic E-state index is 0.105. The van der Waals surface area contributed by atoms with Gasteiger partial charge in [0.05, 0.1) is 10.6 Å². The summed E-state index contributed by atoms with van der Waals surface area (Å²) in [5.41, 5.74) is -0.743. The molecular weight excluding hydrogens is 405 g/mol. The summed E-state index contributed by atoms with van der Waals surface area (Å²) in [4.78, 5) is 14.8. The van der Waals surface area contributed by atoms with Crippen molar-refractivity contribution in [2.24, 2.45) is 0 Å². The number of rotatable bonds is 5. The predicted molar refractivity (Wildman–Crippen MR) is 107 cm³/mol. The zero-order chi connectivity index (χ0) is 20.9. The monoisotopic (exact) mass is 430 g/mol. The Morgan fingerprint density at radius 3 is 2.55 bits per heavy atom. The Balaban J connectivity index is 1.63. The number of hydrogen-bond donors (Lipinski definition) is 1. The molecule has 0 aliphatic carbocycles. The van der Waals surface area contributed by atoms with Crippen LogP contribution in [0.3, 0.4) is 0 Å². The number of nitrogens with one attached hydrogen (secondary N) is 1. The number of benzene rings is 1. The van der Waals surface area contributed by atoms with Gasteiger partial charge in [0, 0.05) is 31.4 Å². The summed E-state index contributed by atoms with van der Waals surface area (Å²) in [5, 5.41) is 2.59. The first kappa shape index (κ1) is 22.1. The molecule has 8 heteroatoms. The molecule has 29 heavy (non-hydrogen) atoms. The summed E-state index contributed by atoms with van der Waals surface area (Å²) in [7, 11) is 0. The highest BCUT2D eigenvalue weighted by molar-refractivity contribution is 6.31. The Bertz CT molecular complexity index is 740. The molecule has 2 saturated heterocycles. The Morgan fingerprint density at radius 1 is 1.21 bits per heavy atom. The Hall–Kier alpha value is -1.57. The fourth-order valence-corrected chi connectivity index (χ4v) is 4.30. The lowest BCUT2D eigenvalue weighted by molar-refractivity contribution is -0.137. The maximum absolute atomic E-state index is 13.0. The van der Waals surface area contributed by atoms with Crippen LogP contribution in [0, 0.1) is 0 Å². The van der Waals surface area contributed by atoms with Gasteiger partial charge in [-0.25, -0.2) is 0 Å². The van der Waals surface area contributed by atoms with E-state index >= 15 is 0 Å². The van der Waals surface area contributed by atoms with Gasteiger partial charge in [-0.2, -0.15) is 13.2 Å². The molecule has 2 aliphatic heterocycles. The van der Waals surface area contributed by atoms with Crippen LogP contribution in [0.25, 0.3) is 6.08 Å². The number of halogens is 4. The van der Waals surface area contributed by atoms with Crippen LogP contribution in [0.5, 0.6) is 0 Å². The number of alkyl halides is 3. The van der Waals surface area contributed by atoms with Crippen molar-refractivity contribution in [2.75, 3.05) is 32.8 Å². The van der Waals surface area contributed by atoms with Crippen LogP contribution in [-0.2, 0) is 15.7 Å². The fourth-order valence-electron chi connectivity index (χ4n) is 4.07. The molecule has 1 aromatic carbocycles. The topological polar surface area (TPSA) is 41.6 Å². The summed E-state index contributed by atoms with van der Waals surface area (Å²) in [6.07, 6.45) is 3.40. The van der Waals surface area contributed by atoms with Crippen molar-refractivity contribution in [3.8, 4) is 0 Å². The van der Waals surface area contributed by atoms with E-state index < -0.39 is 11.7 Å². The second-order valence-corrected chi connectivity index (χ2v) is 8.08. The Morgan fingerprint density at radius 2 is 1.90 bits per heavy atom. The molecule has 0 aromatic heterocycles. The van der Waals surface area contributed by atoms with E-state index in [0.29, 0.717) is 19.8 Å². The van der Waals surface area contributed by atoms with Crippen molar-refractivity contribution in [3.05, 3.63) is 40.4 Å². The number of piperidine rings is 1. The van der Waals surface area contributed by atoms with Gasteiger partial charge in [0.15, 0.2) is 0 Å². The highest BCUT2D eigenvalue weighted by Crippen LogP contribution is 2.35. The summed E-state index contributed by atoms with van der Waals surface area (Å²) in [6, 6.07) is 3.59. The first-order valence-corrected chi connectivity index (χ1v) is 10.3. The summed E-state index contributed by atoms with van der Waals surface area (Å²) < 4.78 is 44.4. The van der Waals surface area contributed by atoms with E-state index in [-0.39, 0.29) is 22.0 Å². The lowest BCUT2D eigenvalue weighted by Gasteiger charge is -2.48.